The Labute approximate surface area is 404 Å². The van der Waals surface area contributed by atoms with Crippen molar-refractivity contribution in [3.63, 3.8) is 0 Å². The average Bonchev–Trinajstić information content (AvgIpc) is 3.32. The van der Waals surface area contributed by atoms with Crippen molar-refractivity contribution in [2.24, 2.45) is 0 Å². The summed E-state index contributed by atoms with van der Waals surface area (Å²) < 4.78 is 17.1. The predicted octanol–water partition coefficient (Wildman–Crippen LogP) is 17.4. The highest BCUT2D eigenvalue weighted by Crippen LogP contribution is 2.07. The lowest BCUT2D eigenvalue weighted by molar-refractivity contribution is -0.161. The lowest BCUT2D eigenvalue weighted by Gasteiger charge is -2.18. The van der Waals surface area contributed by atoms with Crippen LogP contribution in [0.3, 0.4) is 0 Å². The Morgan fingerprint density at radius 2 is 0.636 bits per heavy atom. The molecule has 0 amide bonds. The van der Waals surface area contributed by atoms with Gasteiger partial charge in [0.05, 0.1) is 19.4 Å². The fraction of sp³-hybridized carbons (Fsp3) is 0.475. The zero-order chi connectivity index (χ0) is 47.7. The molecular formula is C61H90O5. The summed E-state index contributed by atoms with van der Waals surface area (Å²) in [7, 11) is 0. The van der Waals surface area contributed by atoms with Gasteiger partial charge in [-0.25, -0.2) is 0 Å². The number of carbonyl (C=O) groups excluding carboxylic acids is 2. The molecule has 5 nitrogen and oxygen atoms in total. The fourth-order valence-electron chi connectivity index (χ4n) is 5.86. The van der Waals surface area contributed by atoms with Crippen LogP contribution in [0.1, 0.15) is 162 Å². The van der Waals surface area contributed by atoms with Crippen molar-refractivity contribution in [2.45, 2.75) is 168 Å². The van der Waals surface area contributed by atoms with Gasteiger partial charge < -0.3 is 14.2 Å². The van der Waals surface area contributed by atoms with E-state index in [2.05, 4.69) is 179 Å². The van der Waals surface area contributed by atoms with Crippen LogP contribution in [0, 0.1) is 0 Å². The lowest BCUT2D eigenvalue weighted by Crippen LogP contribution is -2.29. The van der Waals surface area contributed by atoms with Crippen LogP contribution in [-0.2, 0) is 23.8 Å². The Kier molecular flexibility index (Phi) is 50.2. The number of rotatable bonds is 43. The molecule has 364 valence electrons. The van der Waals surface area contributed by atoms with E-state index in [4.69, 9.17) is 14.2 Å². The summed E-state index contributed by atoms with van der Waals surface area (Å²) in [5.41, 5.74) is 0. The first-order valence-corrected chi connectivity index (χ1v) is 25.3. The van der Waals surface area contributed by atoms with E-state index in [-0.39, 0.29) is 38.0 Å². The molecule has 1 unspecified atom stereocenters. The van der Waals surface area contributed by atoms with Gasteiger partial charge in [-0.05, 0) is 116 Å². The summed E-state index contributed by atoms with van der Waals surface area (Å²) in [6, 6.07) is 0. The van der Waals surface area contributed by atoms with Crippen LogP contribution >= 0.6 is 0 Å². The van der Waals surface area contributed by atoms with Gasteiger partial charge in [-0.3, -0.25) is 9.59 Å². The monoisotopic (exact) mass is 903 g/mol. The Balaban J connectivity index is 4.60. The zero-order valence-electron chi connectivity index (χ0n) is 41.6. The molecule has 0 saturated carbocycles. The molecule has 0 radical (unpaired) electrons. The molecule has 0 aliphatic heterocycles. The first-order valence-electron chi connectivity index (χ1n) is 25.3. The third kappa shape index (κ3) is 51.6. The molecule has 0 aromatic rings. The molecule has 0 saturated heterocycles. The van der Waals surface area contributed by atoms with E-state index in [9.17, 15) is 9.59 Å². The molecule has 0 N–H and O–H groups in total. The van der Waals surface area contributed by atoms with Crippen molar-refractivity contribution in [1.29, 1.82) is 0 Å². The second-order valence-electron chi connectivity index (χ2n) is 15.6. The minimum Gasteiger partial charge on any atom is -0.461 e. The summed E-state index contributed by atoms with van der Waals surface area (Å²) >= 11 is 0. The summed E-state index contributed by atoms with van der Waals surface area (Å²) in [5, 5.41) is 0. The van der Waals surface area contributed by atoms with Crippen molar-refractivity contribution >= 4 is 11.9 Å². The molecule has 1 atom stereocenters. The molecule has 0 aromatic heterocycles. The van der Waals surface area contributed by atoms with Crippen molar-refractivity contribution < 1.29 is 23.8 Å². The second kappa shape index (κ2) is 54.3. The first kappa shape index (κ1) is 61.0. The highest BCUT2D eigenvalue weighted by molar-refractivity contribution is 5.72. The number of hydrogen-bond acceptors (Lipinski definition) is 5. The van der Waals surface area contributed by atoms with Gasteiger partial charge in [0.15, 0.2) is 6.10 Å². The third-order valence-corrected chi connectivity index (χ3v) is 9.48. The lowest BCUT2D eigenvalue weighted by atomic mass is 10.1. The van der Waals surface area contributed by atoms with Gasteiger partial charge in [-0.15, -0.1) is 0 Å². The molecule has 0 aliphatic carbocycles. The van der Waals surface area contributed by atoms with E-state index in [1.54, 1.807) is 0 Å². The number of carbonyl (C=O) groups is 2. The molecule has 0 heterocycles. The van der Waals surface area contributed by atoms with Gasteiger partial charge in [0, 0.05) is 6.61 Å². The van der Waals surface area contributed by atoms with Gasteiger partial charge in [0.1, 0.15) is 6.61 Å². The fourth-order valence-corrected chi connectivity index (χ4v) is 5.86. The quantitative estimate of drug-likeness (QED) is 0.0347. The van der Waals surface area contributed by atoms with Gasteiger partial charge >= 0.3 is 11.9 Å². The van der Waals surface area contributed by atoms with Gasteiger partial charge in [0.2, 0.25) is 0 Å². The Hall–Kier alpha value is -5.00. The maximum atomic E-state index is 12.7. The number of allylic oxidation sites excluding steroid dienone is 28. The molecule has 66 heavy (non-hydrogen) atoms. The Morgan fingerprint density at radius 1 is 0.333 bits per heavy atom. The standard InChI is InChI=1S/C61H90O5/c1-4-7-10-13-16-19-22-25-28-29-30-31-32-35-38-41-44-47-50-53-56-64-57-59(66-61(63)55-52-49-46-43-40-37-34-27-24-21-18-15-12-9-6-3)58-65-60(62)54-51-48-45-42-39-36-33-26-23-20-17-14-11-8-5-2/h7-12,16-21,25-28,30-31,33-35,38-40,42-43,48-49,51-52,59H,4-6,13-15,22-24,29,32,36-37,41,44-47,50,53-58H2,1-3H3/b10-7-,11-8-,12-9-,19-16-,20-17-,21-18-,28-25-,31-30-,33-26-,34-27-,38-35-,42-39-,43-40-,51-48-,52-49-. The SMILES string of the molecule is CC/C=C\C/C=C\C/C=C\C/C=C\C/C=C\CCCCCCOCC(COC(=O)C/C=C\C/C=C\C/C=C\C/C=C\C/C=C\CC)OC(=O)C/C=C\C/C=C\C/C=C\C/C=C\C/C=C\CC. The van der Waals surface area contributed by atoms with Crippen molar-refractivity contribution in [1.82, 2.24) is 0 Å². The topological polar surface area (TPSA) is 61.8 Å². The molecular weight excluding hydrogens is 813 g/mol. The van der Waals surface area contributed by atoms with Crippen molar-refractivity contribution in [3.8, 4) is 0 Å². The highest BCUT2D eigenvalue weighted by Gasteiger charge is 2.16. The molecule has 0 aliphatic rings. The third-order valence-electron chi connectivity index (χ3n) is 9.48. The smallest absolute Gasteiger partial charge is 0.310 e. The summed E-state index contributed by atoms with van der Waals surface area (Å²) in [6.45, 7) is 7.17. The van der Waals surface area contributed by atoms with Gasteiger partial charge in [0.25, 0.3) is 0 Å². The minimum absolute atomic E-state index is 0.0335. The van der Waals surface area contributed by atoms with Crippen LogP contribution in [0.15, 0.2) is 182 Å². The van der Waals surface area contributed by atoms with E-state index < -0.39 is 6.10 Å². The van der Waals surface area contributed by atoms with Crippen molar-refractivity contribution in [3.05, 3.63) is 182 Å². The van der Waals surface area contributed by atoms with Crippen LogP contribution < -0.4 is 0 Å². The van der Waals surface area contributed by atoms with E-state index in [0.717, 1.165) is 128 Å². The highest BCUT2D eigenvalue weighted by atomic mass is 16.6. The van der Waals surface area contributed by atoms with Crippen LogP contribution in [0.4, 0.5) is 0 Å². The first-order chi connectivity index (χ1) is 32.6. The summed E-state index contributed by atoms with van der Waals surface area (Å²) in [4.78, 5) is 25.3. The number of unbranched alkanes of at least 4 members (excludes halogenated alkanes) is 4. The maximum Gasteiger partial charge on any atom is 0.310 e. The number of esters is 2. The van der Waals surface area contributed by atoms with Crippen LogP contribution in [-0.4, -0.2) is 37.9 Å². The zero-order valence-corrected chi connectivity index (χ0v) is 41.6. The van der Waals surface area contributed by atoms with E-state index >= 15 is 0 Å². The largest absolute Gasteiger partial charge is 0.461 e. The van der Waals surface area contributed by atoms with Crippen LogP contribution in [0.2, 0.25) is 0 Å². The average molecular weight is 903 g/mol. The minimum atomic E-state index is -0.659. The number of hydrogen-bond donors (Lipinski definition) is 0. The predicted molar refractivity (Wildman–Crippen MR) is 287 cm³/mol. The number of ether oxygens (including phenoxy) is 3. The normalized spacial score (nSPS) is 13.8. The van der Waals surface area contributed by atoms with E-state index in [1.165, 1.54) is 0 Å². The summed E-state index contributed by atoms with van der Waals surface area (Å²) in [6.07, 6.45) is 83.8. The molecule has 0 fully saturated rings. The summed E-state index contributed by atoms with van der Waals surface area (Å²) in [5.74, 6) is -0.725. The van der Waals surface area contributed by atoms with E-state index in [0.29, 0.717) is 6.61 Å². The van der Waals surface area contributed by atoms with Crippen molar-refractivity contribution in [2.75, 3.05) is 19.8 Å². The molecule has 0 rings (SSSR count). The second-order valence-corrected chi connectivity index (χ2v) is 15.6. The molecule has 0 aromatic carbocycles. The van der Waals surface area contributed by atoms with Crippen LogP contribution in [0.25, 0.3) is 0 Å². The Morgan fingerprint density at radius 3 is 1.00 bits per heavy atom. The van der Waals surface area contributed by atoms with Gasteiger partial charge in [-0.1, -0.05) is 216 Å². The van der Waals surface area contributed by atoms with E-state index in [1.807, 2.05) is 24.3 Å². The molecule has 0 spiro atoms. The van der Waals surface area contributed by atoms with Crippen LogP contribution in [0.5, 0.6) is 0 Å². The Bertz CT molecular complexity index is 1580. The molecule has 0 bridgehead atoms. The molecule has 5 heteroatoms. The maximum absolute atomic E-state index is 12.7. The van der Waals surface area contributed by atoms with Gasteiger partial charge in [-0.2, -0.15) is 0 Å².